The summed E-state index contributed by atoms with van der Waals surface area (Å²) in [7, 11) is 0. The lowest BCUT2D eigenvalue weighted by Crippen LogP contribution is -2.34. The minimum atomic E-state index is 0. The smallest absolute Gasteiger partial charge is 0.227 e. The van der Waals surface area contributed by atoms with Gasteiger partial charge in [0.1, 0.15) is 6.26 Å². The molecule has 2 aromatic rings. The van der Waals surface area contributed by atoms with E-state index in [9.17, 15) is 4.79 Å². The molecule has 0 saturated carbocycles. The monoisotopic (exact) mass is 340 g/mol. The van der Waals surface area contributed by atoms with E-state index in [-0.39, 0.29) is 24.4 Å². The Morgan fingerprint density at radius 2 is 2.35 bits per heavy atom. The Hall–Kier alpha value is -1.86. The molecule has 1 saturated heterocycles. The molecule has 0 aromatic carbocycles. The van der Waals surface area contributed by atoms with Crippen molar-refractivity contribution < 1.29 is 13.7 Å². The molecular formula is C15H21ClN4O3. The third-order valence-corrected chi connectivity index (χ3v) is 4.12. The highest BCUT2D eigenvalue weighted by Gasteiger charge is 2.31. The standard InChI is InChI=1S/C15H20N4O3.ClH/c1-10-6-11(7-16)8-19(10)14(20)3-2-13-17-15(18-22-13)12-4-5-21-9-12;/h4-5,9-11H,2-3,6-8,16H2,1H3;1H. The molecule has 2 unspecified atom stereocenters. The Morgan fingerprint density at radius 3 is 3.00 bits per heavy atom. The second-order valence-corrected chi connectivity index (χ2v) is 5.76. The normalized spacial score (nSPS) is 20.5. The summed E-state index contributed by atoms with van der Waals surface area (Å²) in [4.78, 5) is 18.5. The zero-order valence-electron chi connectivity index (χ0n) is 13.0. The summed E-state index contributed by atoms with van der Waals surface area (Å²) in [5, 5.41) is 3.89. The van der Waals surface area contributed by atoms with Crippen LogP contribution in [0.1, 0.15) is 25.7 Å². The van der Waals surface area contributed by atoms with Crippen LogP contribution < -0.4 is 5.73 Å². The Labute approximate surface area is 140 Å². The van der Waals surface area contributed by atoms with E-state index in [1.807, 2.05) is 4.90 Å². The minimum absolute atomic E-state index is 0. The van der Waals surface area contributed by atoms with Crippen LogP contribution in [-0.4, -0.2) is 40.1 Å². The van der Waals surface area contributed by atoms with E-state index in [1.165, 1.54) is 0 Å². The van der Waals surface area contributed by atoms with Crippen molar-refractivity contribution in [1.29, 1.82) is 0 Å². The van der Waals surface area contributed by atoms with Crippen molar-refractivity contribution >= 4 is 18.3 Å². The molecule has 2 atom stereocenters. The fraction of sp³-hybridized carbons (Fsp3) is 0.533. The predicted molar refractivity (Wildman–Crippen MR) is 85.9 cm³/mol. The zero-order chi connectivity index (χ0) is 15.5. The molecule has 23 heavy (non-hydrogen) atoms. The van der Waals surface area contributed by atoms with Gasteiger partial charge in [0.15, 0.2) is 0 Å². The van der Waals surface area contributed by atoms with Crippen LogP contribution in [0.2, 0.25) is 0 Å². The summed E-state index contributed by atoms with van der Waals surface area (Å²) in [6.07, 6.45) is 4.90. The van der Waals surface area contributed by atoms with Gasteiger partial charge in [-0.2, -0.15) is 4.98 Å². The second-order valence-electron chi connectivity index (χ2n) is 5.76. The van der Waals surface area contributed by atoms with Gasteiger partial charge >= 0.3 is 0 Å². The van der Waals surface area contributed by atoms with Crippen LogP contribution in [0.5, 0.6) is 0 Å². The van der Waals surface area contributed by atoms with Gasteiger partial charge in [-0.3, -0.25) is 4.79 Å². The van der Waals surface area contributed by atoms with Crippen molar-refractivity contribution in [1.82, 2.24) is 15.0 Å². The maximum atomic E-state index is 12.3. The summed E-state index contributed by atoms with van der Waals surface area (Å²) >= 11 is 0. The van der Waals surface area contributed by atoms with Gasteiger partial charge in [-0.05, 0) is 31.9 Å². The summed E-state index contributed by atoms with van der Waals surface area (Å²) in [5.41, 5.74) is 6.46. The third-order valence-electron chi connectivity index (χ3n) is 4.12. The molecule has 1 fully saturated rings. The van der Waals surface area contributed by atoms with E-state index in [1.54, 1.807) is 18.6 Å². The number of amides is 1. The molecule has 3 rings (SSSR count). The van der Waals surface area contributed by atoms with Gasteiger partial charge in [0.25, 0.3) is 0 Å². The fourth-order valence-corrected chi connectivity index (χ4v) is 2.88. The largest absolute Gasteiger partial charge is 0.472 e. The van der Waals surface area contributed by atoms with Crippen LogP contribution >= 0.6 is 12.4 Å². The Kier molecular flexibility index (Phi) is 5.79. The number of nitrogens with two attached hydrogens (primary N) is 1. The molecule has 0 spiro atoms. The van der Waals surface area contributed by atoms with Crippen molar-refractivity contribution in [3.63, 3.8) is 0 Å². The summed E-state index contributed by atoms with van der Waals surface area (Å²) < 4.78 is 10.2. The van der Waals surface area contributed by atoms with Crippen LogP contribution in [0.3, 0.4) is 0 Å². The molecule has 2 N–H and O–H groups in total. The van der Waals surface area contributed by atoms with E-state index >= 15 is 0 Å². The van der Waals surface area contributed by atoms with Crippen molar-refractivity contribution in [3.05, 3.63) is 24.5 Å². The van der Waals surface area contributed by atoms with Crippen LogP contribution in [0, 0.1) is 5.92 Å². The maximum absolute atomic E-state index is 12.3. The minimum Gasteiger partial charge on any atom is -0.472 e. The Bertz CT molecular complexity index is 628. The van der Waals surface area contributed by atoms with E-state index < -0.39 is 0 Å². The zero-order valence-corrected chi connectivity index (χ0v) is 13.8. The first kappa shape index (κ1) is 17.5. The number of rotatable bonds is 5. The Morgan fingerprint density at radius 1 is 1.52 bits per heavy atom. The number of aryl methyl sites for hydroxylation is 1. The number of carbonyl (C=O) groups is 1. The molecule has 1 aliphatic heterocycles. The number of carbonyl (C=O) groups excluding carboxylic acids is 1. The molecule has 1 aliphatic rings. The topological polar surface area (TPSA) is 98.4 Å². The van der Waals surface area contributed by atoms with E-state index in [0.29, 0.717) is 37.0 Å². The molecule has 8 heteroatoms. The maximum Gasteiger partial charge on any atom is 0.227 e. The molecule has 0 bridgehead atoms. The molecule has 3 heterocycles. The number of nitrogens with zero attached hydrogens (tertiary/aromatic N) is 3. The van der Waals surface area contributed by atoms with Gasteiger partial charge in [-0.25, -0.2) is 0 Å². The lowest BCUT2D eigenvalue weighted by molar-refractivity contribution is -0.131. The third kappa shape index (κ3) is 3.92. The highest BCUT2D eigenvalue weighted by molar-refractivity contribution is 5.85. The predicted octanol–water partition coefficient (Wildman–Crippen LogP) is 1.88. The van der Waals surface area contributed by atoms with Crippen molar-refractivity contribution in [2.45, 2.75) is 32.2 Å². The van der Waals surface area contributed by atoms with Gasteiger partial charge < -0.3 is 19.6 Å². The molecule has 7 nitrogen and oxygen atoms in total. The number of halogens is 1. The first-order chi connectivity index (χ1) is 10.7. The average molecular weight is 341 g/mol. The van der Waals surface area contributed by atoms with Gasteiger partial charge in [-0.1, -0.05) is 5.16 Å². The fourth-order valence-electron chi connectivity index (χ4n) is 2.88. The lowest BCUT2D eigenvalue weighted by atomic mass is 10.1. The molecule has 2 aromatic heterocycles. The molecular weight excluding hydrogens is 320 g/mol. The summed E-state index contributed by atoms with van der Waals surface area (Å²) in [5.74, 6) is 1.47. The SMILES string of the molecule is CC1CC(CN)CN1C(=O)CCc1nc(-c2ccoc2)no1.Cl. The quantitative estimate of drug-likeness (QED) is 0.892. The van der Waals surface area contributed by atoms with Crippen molar-refractivity contribution in [2.75, 3.05) is 13.1 Å². The number of hydrogen-bond acceptors (Lipinski definition) is 6. The molecule has 0 radical (unpaired) electrons. The number of hydrogen-bond donors (Lipinski definition) is 1. The number of likely N-dealkylation sites (tertiary alicyclic amines) is 1. The highest BCUT2D eigenvalue weighted by atomic mass is 35.5. The molecule has 126 valence electrons. The number of aromatic nitrogens is 2. The van der Waals surface area contributed by atoms with Crippen molar-refractivity contribution in [3.8, 4) is 11.4 Å². The van der Waals surface area contributed by atoms with Gasteiger partial charge in [-0.15, -0.1) is 12.4 Å². The number of furan rings is 1. The first-order valence-electron chi connectivity index (χ1n) is 7.52. The van der Waals surface area contributed by atoms with Gasteiger partial charge in [0.05, 0.1) is 11.8 Å². The van der Waals surface area contributed by atoms with E-state index in [0.717, 1.165) is 18.5 Å². The highest BCUT2D eigenvalue weighted by Crippen LogP contribution is 2.23. The van der Waals surface area contributed by atoms with Crippen LogP contribution in [-0.2, 0) is 11.2 Å². The molecule has 0 aliphatic carbocycles. The van der Waals surface area contributed by atoms with Gasteiger partial charge in [0, 0.05) is 25.4 Å². The van der Waals surface area contributed by atoms with Gasteiger partial charge in [0.2, 0.25) is 17.6 Å². The average Bonchev–Trinajstić information content (AvgIpc) is 3.24. The second kappa shape index (κ2) is 7.61. The first-order valence-corrected chi connectivity index (χ1v) is 7.52. The van der Waals surface area contributed by atoms with Crippen LogP contribution in [0.4, 0.5) is 0 Å². The van der Waals surface area contributed by atoms with Crippen LogP contribution in [0.15, 0.2) is 27.5 Å². The summed E-state index contributed by atoms with van der Waals surface area (Å²) in [6.45, 7) is 3.45. The molecule has 1 amide bonds. The van der Waals surface area contributed by atoms with E-state index in [2.05, 4.69) is 17.1 Å². The lowest BCUT2D eigenvalue weighted by Gasteiger charge is -2.21. The van der Waals surface area contributed by atoms with E-state index in [4.69, 9.17) is 14.7 Å². The summed E-state index contributed by atoms with van der Waals surface area (Å²) in [6, 6.07) is 2.02. The van der Waals surface area contributed by atoms with Crippen LogP contribution in [0.25, 0.3) is 11.4 Å². The Balaban J connectivity index is 0.00000192. The van der Waals surface area contributed by atoms with Crippen molar-refractivity contribution in [2.24, 2.45) is 11.7 Å².